The molecule has 1 aliphatic carbocycles. The lowest BCUT2D eigenvalue weighted by molar-refractivity contribution is -0.145. The van der Waals surface area contributed by atoms with Gasteiger partial charge in [0.15, 0.2) is 6.10 Å². The van der Waals surface area contributed by atoms with Gasteiger partial charge in [0.05, 0.1) is 17.3 Å². The highest BCUT2D eigenvalue weighted by Gasteiger charge is 2.56. The van der Waals surface area contributed by atoms with Crippen molar-refractivity contribution in [1.29, 1.82) is 0 Å². The number of esters is 1. The first-order valence-electron chi connectivity index (χ1n) is 14.7. The van der Waals surface area contributed by atoms with Gasteiger partial charge in [-0.25, -0.2) is 0 Å². The molecule has 2 aliphatic heterocycles. The molecule has 2 fully saturated rings. The van der Waals surface area contributed by atoms with E-state index in [0.717, 1.165) is 44.1 Å². The molecule has 1 unspecified atom stereocenters. The molecule has 2 amide bonds. The van der Waals surface area contributed by atoms with Crippen LogP contribution in [-0.4, -0.2) is 78.5 Å². The Balaban J connectivity index is 1.48. The van der Waals surface area contributed by atoms with Gasteiger partial charge in [0, 0.05) is 26.3 Å². The summed E-state index contributed by atoms with van der Waals surface area (Å²) in [6.45, 7) is 13.7. The summed E-state index contributed by atoms with van der Waals surface area (Å²) in [5, 5.41) is 11.0. The number of amides is 2. The first-order valence-corrected chi connectivity index (χ1v) is 17.6. The third-order valence-electron chi connectivity index (χ3n) is 7.24. The number of carbonyl (C=O) groups excluding carboxylic acids is 3. The van der Waals surface area contributed by atoms with E-state index in [1.54, 1.807) is 13.0 Å². The standard InChI is InChI=1S/C30H49NO8Si/c1-21(32)36-26-22(20-23(27-28(26)37-27)38-40(6,7)39-29(2,3)4)16-18-30(5,35)17-12-10-8-9-11-13-19-31-24(33)14-15-25(31)34/h16,18,20,23,26-28,35H,8-15,17,19H2,1-7H3/b18-16+/t23-,26+,27+,28-,30?/m1/s1. The minimum absolute atomic E-state index is 0.0452. The number of imide groups is 1. The lowest BCUT2D eigenvalue weighted by atomic mass is 9.91. The highest BCUT2D eigenvalue weighted by atomic mass is 28.4. The Labute approximate surface area is 240 Å². The van der Waals surface area contributed by atoms with Crippen molar-refractivity contribution in [2.75, 3.05) is 6.54 Å². The second-order valence-electron chi connectivity index (χ2n) is 13.0. The Morgan fingerprint density at radius 3 is 2.25 bits per heavy atom. The summed E-state index contributed by atoms with van der Waals surface area (Å²) in [4.78, 5) is 36.5. The number of hydrogen-bond acceptors (Lipinski definition) is 8. The molecule has 40 heavy (non-hydrogen) atoms. The van der Waals surface area contributed by atoms with Crippen LogP contribution in [0.25, 0.3) is 0 Å². The van der Waals surface area contributed by atoms with E-state index in [-0.39, 0.29) is 41.7 Å². The largest absolute Gasteiger partial charge is 0.455 e. The Kier molecular flexibility index (Phi) is 11.0. The second-order valence-corrected chi connectivity index (χ2v) is 16.2. The third kappa shape index (κ3) is 10.2. The molecule has 2 heterocycles. The number of nitrogens with zero attached hydrogens (tertiary/aromatic N) is 1. The van der Waals surface area contributed by atoms with Crippen LogP contribution in [0.1, 0.15) is 92.4 Å². The van der Waals surface area contributed by atoms with Gasteiger partial charge in [-0.1, -0.05) is 44.3 Å². The van der Waals surface area contributed by atoms with Gasteiger partial charge < -0.3 is 23.4 Å². The zero-order chi connectivity index (χ0) is 29.7. The normalized spacial score (nSPS) is 26.6. The van der Waals surface area contributed by atoms with Crippen molar-refractivity contribution >= 4 is 26.3 Å². The molecule has 0 radical (unpaired) electrons. The monoisotopic (exact) mass is 579 g/mol. The summed E-state index contributed by atoms with van der Waals surface area (Å²) in [6.07, 6.45) is 11.3. The molecule has 10 heteroatoms. The van der Waals surface area contributed by atoms with Crippen molar-refractivity contribution in [3.8, 4) is 0 Å². The topological polar surface area (TPSA) is 115 Å². The quantitative estimate of drug-likeness (QED) is 0.0975. The molecule has 0 aromatic heterocycles. The first kappa shape index (κ1) is 32.7. The highest BCUT2D eigenvalue weighted by Crippen LogP contribution is 2.41. The van der Waals surface area contributed by atoms with Gasteiger partial charge in [-0.2, -0.15) is 0 Å². The molecule has 0 saturated carbocycles. The van der Waals surface area contributed by atoms with E-state index in [4.69, 9.17) is 18.3 Å². The van der Waals surface area contributed by atoms with Crippen LogP contribution in [0.15, 0.2) is 23.8 Å². The van der Waals surface area contributed by atoms with Crippen LogP contribution >= 0.6 is 0 Å². The Hall–Kier alpha value is -1.85. The van der Waals surface area contributed by atoms with Crippen LogP contribution < -0.4 is 0 Å². The number of fused-ring (bicyclic) bond motifs is 1. The highest BCUT2D eigenvalue weighted by molar-refractivity contribution is 6.64. The maximum atomic E-state index is 11.8. The van der Waals surface area contributed by atoms with E-state index in [9.17, 15) is 19.5 Å². The van der Waals surface area contributed by atoms with Crippen LogP contribution in [0.5, 0.6) is 0 Å². The van der Waals surface area contributed by atoms with E-state index in [1.807, 2.05) is 46.0 Å². The fourth-order valence-electron chi connectivity index (χ4n) is 5.56. The number of likely N-dealkylation sites (tertiary alicyclic amines) is 1. The Bertz CT molecular complexity index is 967. The van der Waals surface area contributed by atoms with Gasteiger partial charge in [0.1, 0.15) is 12.2 Å². The van der Waals surface area contributed by atoms with Crippen LogP contribution in [0.4, 0.5) is 0 Å². The minimum atomic E-state index is -2.47. The van der Waals surface area contributed by atoms with E-state index in [0.29, 0.717) is 25.8 Å². The van der Waals surface area contributed by atoms with Crippen molar-refractivity contribution in [2.24, 2.45) is 0 Å². The van der Waals surface area contributed by atoms with Crippen LogP contribution in [0, 0.1) is 0 Å². The van der Waals surface area contributed by atoms with E-state index in [2.05, 4.69) is 0 Å². The number of aliphatic hydroxyl groups is 1. The molecule has 1 N–H and O–H groups in total. The number of carbonyl (C=O) groups is 3. The predicted octanol–water partition coefficient (Wildman–Crippen LogP) is 4.71. The van der Waals surface area contributed by atoms with Crippen molar-refractivity contribution < 1.29 is 37.8 Å². The molecule has 3 rings (SSSR count). The lowest BCUT2D eigenvalue weighted by Crippen LogP contribution is -2.47. The van der Waals surface area contributed by atoms with Gasteiger partial charge in [0.25, 0.3) is 0 Å². The summed E-state index contributed by atoms with van der Waals surface area (Å²) in [5.74, 6) is -0.471. The van der Waals surface area contributed by atoms with Crippen LogP contribution in [0.2, 0.25) is 13.1 Å². The zero-order valence-corrected chi connectivity index (χ0v) is 26.4. The van der Waals surface area contributed by atoms with Crippen molar-refractivity contribution in [1.82, 2.24) is 4.90 Å². The molecule has 0 bridgehead atoms. The predicted molar refractivity (Wildman–Crippen MR) is 154 cm³/mol. The number of hydrogen-bond donors (Lipinski definition) is 1. The van der Waals surface area contributed by atoms with Crippen molar-refractivity contribution in [3.63, 3.8) is 0 Å². The molecule has 5 atom stereocenters. The number of rotatable bonds is 15. The smallest absolute Gasteiger partial charge is 0.332 e. The van der Waals surface area contributed by atoms with Crippen LogP contribution in [-0.2, 0) is 32.7 Å². The maximum absolute atomic E-state index is 11.8. The van der Waals surface area contributed by atoms with E-state index in [1.165, 1.54) is 11.8 Å². The zero-order valence-electron chi connectivity index (χ0n) is 25.4. The van der Waals surface area contributed by atoms with Gasteiger partial charge in [-0.15, -0.1) is 0 Å². The number of unbranched alkanes of at least 4 members (excludes halogenated alkanes) is 5. The first-order chi connectivity index (χ1) is 18.6. The van der Waals surface area contributed by atoms with Gasteiger partial charge in [-0.05, 0) is 65.3 Å². The Morgan fingerprint density at radius 1 is 1.05 bits per heavy atom. The summed E-state index contributed by atoms with van der Waals surface area (Å²) < 4.78 is 24.1. The Morgan fingerprint density at radius 2 is 1.65 bits per heavy atom. The molecule has 3 aliphatic rings. The second kappa shape index (κ2) is 13.4. The van der Waals surface area contributed by atoms with Crippen LogP contribution in [0.3, 0.4) is 0 Å². The molecular formula is C30H49NO8Si. The average molecular weight is 580 g/mol. The van der Waals surface area contributed by atoms with Gasteiger partial charge >= 0.3 is 14.5 Å². The summed E-state index contributed by atoms with van der Waals surface area (Å²) in [6, 6.07) is 0. The summed E-state index contributed by atoms with van der Waals surface area (Å²) >= 11 is 0. The van der Waals surface area contributed by atoms with E-state index >= 15 is 0 Å². The minimum Gasteiger partial charge on any atom is -0.455 e. The SMILES string of the molecule is CC(=O)O[C@H]1C(/C=C/C(C)(O)CCCCCCCCN2C(=O)CCC2=O)=C[C@@H](O[Si](C)(C)OC(C)(C)C)[C@@H]2O[C@@H]21. The average Bonchev–Trinajstić information content (AvgIpc) is 3.55. The maximum Gasteiger partial charge on any atom is 0.332 e. The summed E-state index contributed by atoms with van der Waals surface area (Å²) in [5.41, 5.74) is -0.581. The molecule has 0 aromatic carbocycles. The van der Waals surface area contributed by atoms with Gasteiger partial charge in [-0.3, -0.25) is 19.3 Å². The third-order valence-corrected chi connectivity index (χ3v) is 9.18. The van der Waals surface area contributed by atoms with E-state index < -0.39 is 20.3 Å². The van der Waals surface area contributed by atoms with Gasteiger partial charge in [0.2, 0.25) is 11.8 Å². The molecule has 9 nitrogen and oxygen atoms in total. The van der Waals surface area contributed by atoms with Crippen molar-refractivity contribution in [3.05, 3.63) is 23.8 Å². The molecule has 0 aromatic rings. The molecule has 226 valence electrons. The molecule has 0 spiro atoms. The van der Waals surface area contributed by atoms with Crippen molar-refractivity contribution in [2.45, 2.75) is 141 Å². The lowest BCUT2D eigenvalue weighted by Gasteiger charge is -2.35. The molecular weight excluding hydrogens is 530 g/mol. The summed E-state index contributed by atoms with van der Waals surface area (Å²) in [7, 11) is -2.47. The number of epoxide rings is 1. The fourth-order valence-corrected chi connectivity index (χ4v) is 7.94. The molecule has 2 saturated heterocycles. The number of ether oxygens (including phenoxy) is 2. The fraction of sp³-hybridized carbons (Fsp3) is 0.767.